The molecule has 0 aliphatic carbocycles. The summed E-state index contributed by atoms with van der Waals surface area (Å²) in [5.41, 5.74) is 3.05. The molecule has 0 saturated carbocycles. The number of carbonyl (C=O) groups excluding carboxylic acids is 1. The molecule has 3 nitrogen and oxygen atoms in total. The van der Waals surface area contributed by atoms with Crippen LogP contribution in [0, 0.1) is 12.7 Å². The Kier molecular flexibility index (Phi) is 4.48. The molecule has 5 heteroatoms. The lowest BCUT2D eigenvalue weighted by molar-refractivity contribution is 0.0946. The van der Waals surface area contributed by atoms with Crippen molar-refractivity contribution >= 4 is 17.2 Å². The zero-order valence-electron chi connectivity index (χ0n) is 12.5. The predicted octanol–water partition coefficient (Wildman–Crippen LogP) is 4.19. The number of aryl methyl sites for hydroxylation is 1. The van der Waals surface area contributed by atoms with Crippen LogP contribution in [-0.4, -0.2) is 10.9 Å². The summed E-state index contributed by atoms with van der Waals surface area (Å²) in [5.74, 6) is -0.961. The largest absolute Gasteiger partial charge is 0.346 e. The Morgan fingerprint density at radius 1 is 1.17 bits per heavy atom. The second-order valence-corrected chi connectivity index (χ2v) is 5.98. The molecule has 0 bridgehead atoms. The highest BCUT2D eigenvalue weighted by Gasteiger charge is 2.12. The van der Waals surface area contributed by atoms with Gasteiger partial charge in [0.05, 0.1) is 17.8 Å². The Labute approximate surface area is 137 Å². The molecule has 1 aromatic heterocycles. The highest BCUT2D eigenvalue weighted by molar-refractivity contribution is 7.13. The van der Waals surface area contributed by atoms with E-state index in [4.69, 9.17) is 0 Å². The van der Waals surface area contributed by atoms with E-state index >= 15 is 0 Å². The zero-order valence-corrected chi connectivity index (χ0v) is 13.4. The summed E-state index contributed by atoms with van der Waals surface area (Å²) < 4.78 is 13.6. The monoisotopic (exact) mass is 326 g/mol. The number of hydrogen-bond acceptors (Lipinski definition) is 3. The first kappa shape index (κ1) is 15.4. The van der Waals surface area contributed by atoms with E-state index in [1.165, 1.54) is 23.5 Å². The van der Waals surface area contributed by atoms with E-state index in [9.17, 15) is 9.18 Å². The van der Waals surface area contributed by atoms with E-state index in [0.29, 0.717) is 0 Å². The van der Waals surface area contributed by atoms with Crippen molar-refractivity contribution in [3.8, 4) is 10.6 Å². The number of benzene rings is 2. The molecular formula is C18H15FN2OS. The van der Waals surface area contributed by atoms with E-state index in [0.717, 1.165) is 21.8 Å². The standard InChI is InChI=1S/C18H15FN2OS/c1-12-6-2-3-7-14(12)18-21-13(11-23-18)10-20-17(22)15-8-4-5-9-16(15)19/h2-9,11H,10H2,1H3,(H,20,22). The van der Waals surface area contributed by atoms with Gasteiger partial charge in [0.15, 0.2) is 0 Å². The van der Waals surface area contributed by atoms with Crippen LogP contribution in [0.4, 0.5) is 4.39 Å². The second-order valence-electron chi connectivity index (χ2n) is 5.12. The fourth-order valence-electron chi connectivity index (χ4n) is 2.24. The number of hydrogen-bond donors (Lipinski definition) is 1. The number of amides is 1. The smallest absolute Gasteiger partial charge is 0.254 e. The van der Waals surface area contributed by atoms with Crippen molar-refractivity contribution in [3.05, 3.63) is 76.5 Å². The fraction of sp³-hybridized carbons (Fsp3) is 0.111. The Hall–Kier alpha value is -2.53. The number of nitrogens with one attached hydrogen (secondary N) is 1. The molecule has 0 saturated heterocycles. The topological polar surface area (TPSA) is 42.0 Å². The van der Waals surface area contributed by atoms with Crippen LogP contribution < -0.4 is 5.32 Å². The normalized spacial score (nSPS) is 10.5. The van der Waals surface area contributed by atoms with Gasteiger partial charge in [0.1, 0.15) is 10.8 Å². The van der Waals surface area contributed by atoms with Crippen molar-refractivity contribution in [2.45, 2.75) is 13.5 Å². The average Bonchev–Trinajstić information content (AvgIpc) is 3.02. The van der Waals surface area contributed by atoms with Gasteiger partial charge in [-0.25, -0.2) is 9.37 Å². The maximum absolute atomic E-state index is 13.6. The Morgan fingerprint density at radius 2 is 1.91 bits per heavy atom. The summed E-state index contributed by atoms with van der Waals surface area (Å²) in [6.45, 7) is 2.31. The summed E-state index contributed by atoms with van der Waals surface area (Å²) in [5, 5.41) is 5.52. The average molecular weight is 326 g/mol. The van der Waals surface area contributed by atoms with E-state index in [-0.39, 0.29) is 12.1 Å². The van der Waals surface area contributed by atoms with Crippen LogP contribution in [0.15, 0.2) is 53.9 Å². The number of carbonyl (C=O) groups is 1. The molecule has 1 N–H and O–H groups in total. The third-order valence-corrected chi connectivity index (χ3v) is 4.40. The maximum atomic E-state index is 13.6. The molecule has 116 valence electrons. The molecule has 3 rings (SSSR count). The van der Waals surface area contributed by atoms with Crippen LogP contribution in [0.3, 0.4) is 0 Å². The Balaban J connectivity index is 1.70. The Morgan fingerprint density at radius 3 is 2.70 bits per heavy atom. The molecule has 0 radical (unpaired) electrons. The maximum Gasteiger partial charge on any atom is 0.254 e. The zero-order chi connectivity index (χ0) is 16.2. The van der Waals surface area contributed by atoms with Crippen LogP contribution in [0.25, 0.3) is 10.6 Å². The molecule has 0 atom stereocenters. The van der Waals surface area contributed by atoms with Crippen LogP contribution >= 0.6 is 11.3 Å². The van der Waals surface area contributed by atoms with Crippen molar-refractivity contribution in [2.75, 3.05) is 0 Å². The summed E-state index contributed by atoms with van der Waals surface area (Å²) in [4.78, 5) is 16.5. The summed E-state index contributed by atoms with van der Waals surface area (Å²) in [7, 11) is 0. The van der Waals surface area contributed by atoms with Gasteiger partial charge >= 0.3 is 0 Å². The lowest BCUT2D eigenvalue weighted by Crippen LogP contribution is -2.23. The summed E-state index contributed by atoms with van der Waals surface area (Å²) in [6.07, 6.45) is 0. The summed E-state index contributed by atoms with van der Waals surface area (Å²) >= 11 is 1.53. The van der Waals surface area contributed by atoms with Crippen LogP contribution in [-0.2, 0) is 6.54 Å². The first-order valence-corrected chi connectivity index (χ1v) is 8.06. The molecule has 0 spiro atoms. The number of nitrogens with zero attached hydrogens (tertiary/aromatic N) is 1. The molecule has 23 heavy (non-hydrogen) atoms. The minimum Gasteiger partial charge on any atom is -0.346 e. The van der Waals surface area contributed by atoms with Gasteiger partial charge in [0, 0.05) is 10.9 Å². The van der Waals surface area contributed by atoms with Gasteiger partial charge < -0.3 is 5.32 Å². The second kappa shape index (κ2) is 6.71. The molecule has 0 aliphatic heterocycles. The fourth-order valence-corrected chi connectivity index (χ4v) is 3.15. The number of aromatic nitrogens is 1. The number of halogens is 1. The van der Waals surface area contributed by atoms with Gasteiger partial charge in [-0.3, -0.25) is 4.79 Å². The van der Waals surface area contributed by atoms with Crippen LogP contribution in [0.2, 0.25) is 0 Å². The van der Waals surface area contributed by atoms with Crippen molar-refractivity contribution in [1.82, 2.24) is 10.3 Å². The number of thiazole rings is 1. The molecule has 2 aromatic carbocycles. The van der Waals surface area contributed by atoms with Crippen molar-refractivity contribution in [1.29, 1.82) is 0 Å². The van der Waals surface area contributed by atoms with Crippen molar-refractivity contribution < 1.29 is 9.18 Å². The molecule has 1 amide bonds. The molecule has 0 fully saturated rings. The predicted molar refractivity (Wildman–Crippen MR) is 89.9 cm³/mol. The highest BCUT2D eigenvalue weighted by atomic mass is 32.1. The first-order valence-electron chi connectivity index (χ1n) is 7.18. The highest BCUT2D eigenvalue weighted by Crippen LogP contribution is 2.26. The molecule has 1 heterocycles. The van der Waals surface area contributed by atoms with Crippen LogP contribution in [0.5, 0.6) is 0 Å². The van der Waals surface area contributed by atoms with E-state index in [1.807, 2.05) is 36.6 Å². The molecule has 0 aliphatic rings. The van der Waals surface area contributed by atoms with Gasteiger partial charge in [-0.1, -0.05) is 36.4 Å². The van der Waals surface area contributed by atoms with Gasteiger partial charge in [0.2, 0.25) is 0 Å². The van der Waals surface area contributed by atoms with Crippen molar-refractivity contribution in [2.24, 2.45) is 0 Å². The van der Waals surface area contributed by atoms with Gasteiger partial charge in [-0.05, 0) is 24.6 Å². The van der Waals surface area contributed by atoms with Crippen LogP contribution in [0.1, 0.15) is 21.6 Å². The van der Waals surface area contributed by atoms with E-state index in [1.54, 1.807) is 12.1 Å². The first-order chi connectivity index (χ1) is 11.1. The Bertz CT molecular complexity index is 844. The number of rotatable bonds is 4. The van der Waals surface area contributed by atoms with E-state index in [2.05, 4.69) is 10.3 Å². The third kappa shape index (κ3) is 3.46. The van der Waals surface area contributed by atoms with Gasteiger partial charge in [-0.2, -0.15) is 0 Å². The van der Waals surface area contributed by atoms with Crippen molar-refractivity contribution in [3.63, 3.8) is 0 Å². The SMILES string of the molecule is Cc1ccccc1-c1nc(CNC(=O)c2ccccc2F)cs1. The lowest BCUT2D eigenvalue weighted by atomic mass is 10.1. The third-order valence-electron chi connectivity index (χ3n) is 3.48. The molecular weight excluding hydrogens is 311 g/mol. The van der Waals surface area contributed by atoms with Gasteiger partial charge in [0.25, 0.3) is 5.91 Å². The molecule has 3 aromatic rings. The van der Waals surface area contributed by atoms with E-state index < -0.39 is 11.7 Å². The summed E-state index contributed by atoms with van der Waals surface area (Å²) in [6, 6.07) is 14.0. The minimum atomic E-state index is -0.524. The van der Waals surface area contributed by atoms with Gasteiger partial charge in [-0.15, -0.1) is 11.3 Å². The molecule has 0 unspecified atom stereocenters. The lowest BCUT2D eigenvalue weighted by Gasteiger charge is -2.04. The quantitative estimate of drug-likeness (QED) is 0.781. The minimum absolute atomic E-state index is 0.0434.